The maximum absolute atomic E-state index is 11.9. The van der Waals surface area contributed by atoms with Gasteiger partial charge in [-0.15, -0.1) is 0 Å². The second kappa shape index (κ2) is 5.52. The molecule has 98 valence electrons. The van der Waals surface area contributed by atoms with Gasteiger partial charge in [0.05, 0.1) is 6.54 Å². The van der Waals surface area contributed by atoms with Gasteiger partial charge >= 0.3 is 6.09 Å². The lowest BCUT2D eigenvalue weighted by atomic mass is 10.2. The Bertz CT molecular complexity index is 290. The molecule has 4 nitrogen and oxygen atoms in total. The van der Waals surface area contributed by atoms with Gasteiger partial charge in [0.2, 0.25) is 0 Å². The number of rotatable bonds is 5. The minimum Gasteiger partial charge on any atom is -0.444 e. The number of Topliss-reactive ketones (excluding diaryl/α,β-unsaturated/α-hetero) is 1. The Morgan fingerprint density at radius 3 is 2.29 bits per heavy atom. The number of nitrogens with zero attached hydrogens (tertiary/aromatic N) is 1. The third kappa shape index (κ3) is 5.20. The Kier molecular flexibility index (Phi) is 4.54. The molecular formula is C13H23NO3. The summed E-state index contributed by atoms with van der Waals surface area (Å²) in [5.41, 5.74) is -0.502. The minimum atomic E-state index is -0.502. The van der Waals surface area contributed by atoms with Crippen LogP contribution < -0.4 is 0 Å². The first-order chi connectivity index (χ1) is 7.83. The van der Waals surface area contributed by atoms with Crippen molar-refractivity contribution in [2.45, 2.75) is 65.0 Å². The molecule has 1 amide bonds. The highest BCUT2D eigenvalue weighted by Crippen LogP contribution is 2.28. The predicted molar refractivity (Wildman–Crippen MR) is 65.9 cm³/mol. The second-order valence-corrected chi connectivity index (χ2v) is 5.63. The normalized spacial score (nSPS) is 15.5. The average molecular weight is 241 g/mol. The van der Waals surface area contributed by atoms with Crippen molar-refractivity contribution in [3.8, 4) is 0 Å². The highest BCUT2D eigenvalue weighted by atomic mass is 16.6. The van der Waals surface area contributed by atoms with Crippen LogP contribution in [-0.2, 0) is 9.53 Å². The standard InChI is InChI=1S/C13H23NO3/c1-5-6-11(15)9-14(10-7-8-10)12(16)17-13(2,3)4/h10H,5-9H2,1-4H3. The lowest BCUT2D eigenvalue weighted by molar-refractivity contribution is -0.120. The van der Waals surface area contributed by atoms with Gasteiger partial charge in [-0.1, -0.05) is 6.92 Å². The molecular weight excluding hydrogens is 218 g/mol. The second-order valence-electron chi connectivity index (χ2n) is 5.63. The van der Waals surface area contributed by atoms with Crippen molar-refractivity contribution in [1.29, 1.82) is 0 Å². The van der Waals surface area contributed by atoms with Crippen LogP contribution in [0.5, 0.6) is 0 Å². The minimum absolute atomic E-state index is 0.116. The molecule has 0 aromatic carbocycles. The van der Waals surface area contributed by atoms with Crippen molar-refractivity contribution in [2.75, 3.05) is 6.54 Å². The van der Waals surface area contributed by atoms with Gasteiger partial charge in [0.15, 0.2) is 5.78 Å². The van der Waals surface area contributed by atoms with E-state index in [0.717, 1.165) is 19.3 Å². The van der Waals surface area contributed by atoms with E-state index in [9.17, 15) is 9.59 Å². The smallest absolute Gasteiger partial charge is 0.410 e. The molecule has 0 atom stereocenters. The van der Waals surface area contributed by atoms with Crippen molar-refractivity contribution < 1.29 is 14.3 Å². The predicted octanol–water partition coefficient (Wildman–Crippen LogP) is 2.76. The van der Waals surface area contributed by atoms with Gasteiger partial charge in [0, 0.05) is 12.5 Å². The molecule has 1 rings (SSSR count). The highest BCUT2D eigenvalue weighted by Gasteiger charge is 2.36. The summed E-state index contributed by atoms with van der Waals surface area (Å²) in [6.45, 7) is 7.68. The van der Waals surface area contributed by atoms with Crippen LogP contribution in [0.3, 0.4) is 0 Å². The third-order valence-corrected chi connectivity index (χ3v) is 2.49. The number of carbonyl (C=O) groups excluding carboxylic acids is 2. The number of ether oxygens (including phenoxy) is 1. The van der Waals surface area contributed by atoms with Gasteiger partial charge in [-0.2, -0.15) is 0 Å². The lowest BCUT2D eigenvalue weighted by Gasteiger charge is -2.27. The zero-order valence-electron chi connectivity index (χ0n) is 11.3. The van der Waals surface area contributed by atoms with Crippen LogP contribution >= 0.6 is 0 Å². The lowest BCUT2D eigenvalue weighted by Crippen LogP contribution is -2.41. The molecule has 1 aliphatic carbocycles. The third-order valence-electron chi connectivity index (χ3n) is 2.49. The van der Waals surface area contributed by atoms with E-state index < -0.39 is 5.60 Å². The van der Waals surface area contributed by atoms with E-state index in [2.05, 4.69) is 0 Å². The summed E-state index contributed by atoms with van der Waals surface area (Å²) in [5.74, 6) is 0.116. The van der Waals surface area contributed by atoms with E-state index in [1.807, 2.05) is 27.7 Å². The van der Waals surface area contributed by atoms with E-state index in [4.69, 9.17) is 4.74 Å². The van der Waals surface area contributed by atoms with Crippen LogP contribution in [0.4, 0.5) is 4.79 Å². The molecule has 0 aliphatic heterocycles. The summed E-state index contributed by atoms with van der Waals surface area (Å²) in [4.78, 5) is 25.1. The average Bonchev–Trinajstić information content (AvgIpc) is 2.94. The zero-order valence-corrected chi connectivity index (χ0v) is 11.3. The van der Waals surface area contributed by atoms with Gasteiger partial charge in [-0.05, 0) is 40.0 Å². The Balaban J connectivity index is 2.53. The molecule has 0 radical (unpaired) electrons. The van der Waals surface area contributed by atoms with Crippen LogP contribution in [0.2, 0.25) is 0 Å². The van der Waals surface area contributed by atoms with E-state index in [1.165, 1.54) is 0 Å². The van der Waals surface area contributed by atoms with Crippen LogP contribution in [0, 0.1) is 0 Å². The molecule has 0 bridgehead atoms. The van der Waals surface area contributed by atoms with Crippen molar-refractivity contribution in [2.24, 2.45) is 0 Å². The summed E-state index contributed by atoms with van der Waals surface area (Å²) in [5, 5.41) is 0. The van der Waals surface area contributed by atoms with Crippen LogP contribution in [-0.4, -0.2) is 35.0 Å². The van der Waals surface area contributed by atoms with Gasteiger partial charge in [0.25, 0.3) is 0 Å². The fraction of sp³-hybridized carbons (Fsp3) is 0.846. The van der Waals surface area contributed by atoms with Crippen molar-refractivity contribution in [1.82, 2.24) is 4.90 Å². The molecule has 1 fully saturated rings. The summed E-state index contributed by atoms with van der Waals surface area (Å²) in [6, 6.07) is 0.214. The van der Waals surface area contributed by atoms with Crippen LogP contribution in [0.25, 0.3) is 0 Å². The maximum Gasteiger partial charge on any atom is 0.410 e. The summed E-state index contributed by atoms with van der Waals surface area (Å²) >= 11 is 0. The highest BCUT2D eigenvalue weighted by molar-refractivity contribution is 5.84. The van der Waals surface area contributed by atoms with E-state index in [-0.39, 0.29) is 24.5 Å². The zero-order chi connectivity index (χ0) is 13.1. The maximum atomic E-state index is 11.9. The Morgan fingerprint density at radius 2 is 1.88 bits per heavy atom. The molecule has 0 unspecified atom stereocenters. The summed E-state index contributed by atoms with van der Waals surface area (Å²) in [7, 11) is 0. The first-order valence-electron chi connectivity index (χ1n) is 6.35. The molecule has 0 N–H and O–H groups in total. The quantitative estimate of drug-likeness (QED) is 0.743. The van der Waals surface area contributed by atoms with E-state index >= 15 is 0 Å². The summed E-state index contributed by atoms with van der Waals surface area (Å²) in [6.07, 6.45) is 2.97. The molecule has 1 aliphatic rings. The van der Waals surface area contributed by atoms with Crippen molar-refractivity contribution in [3.63, 3.8) is 0 Å². The largest absolute Gasteiger partial charge is 0.444 e. The SMILES string of the molecule is CCCC(=O)CN(C(=O)OC(C)(C)C)C1CC1. The summed E-state index contributed by atoms with van der Waals surface area (Å²) < 4.78 is 5.31. The first-order valence-corrected chi connectivity index (χ1v) is 6.35. The Hall–Kier alpha value is -1.06. The van der Waals surface area contributed by atoms with Crippen molar-refractivity contribution >= 4 is 11.9 Å². The molecule has 17 heavy (non-hydrogen) atoms. The molecule has 0 heterocycles. The Labute approximate surface area is 103 Å². The molecule has 0 saturated heterocycles. The van der Waals surface area contributed by atoms with Crippen LogP contribution in [0.1, 0.15) is 53.4 Å². The van der Waals surface area contributed by atoms with Gasteiger partial charge in [-0.3, -0.25) is 9.69 Å². The van der Waals surface area contributed by atoms with Crippen LogP contribution in [0.15, 0.2) is 0 Å². The monoisotopic (exact) mass is 241 g/mol. The number of hydrogen-bond acceptors (Lipinski definition) is 3. The molecule has 0 aromatic rings. The van der Waals surface area contributed by atoms with Crippen molar-refractivity contribution in [3.05, 3.63) is 0 Å². The van der Waals surface area contributed by atoms with Gasteiger partial charge in [-0.25, -0.2) is 4.79 Å². The number of carbonyl (C=O) groups is 2. The fourth-order valence-corrected chi connectivity index (χ4v) is 1.60. The molecule has 1 saturated carbocycles. The first kappa shape index (κ1) is 14.0. The molecule has 4 heteroatoms. The van der Waals surface area contributed by atoms with E-state index in [1.54, 1.807) is 4.90 Å². The van der Waals surface area contributed by atoms with Gasteiger partial charge in [0.1, 0.15) is 5.60 Å². The topological polar surface area (TPSA) is 46.6 Å². The number of hydrogen-bond donors (Lipinski definition) is 0. The fourth-order valence-electron chi connectivity index (χ4n) is 1.60. The number of amides is 1. The Morgan fingerprint density at radius 1 is 1.29 bits per heavy atom. The van der Waals surface area contributed by atoms with Gasteiger partial charge < -0.3 is 4.74 Å². The molecule has 0 aromatic heterocycles. The number of ketones is 1. The molecule has 0 spiro atoms. The van der Waals surface area contributed by atoms with E-state index in [0.29, 0.717) is 6.42 Å².